The van der Waals surface area contributed by atoms with Gasteiger partial charge in [0.15, 0.2) is 5.78 Å². The first kappa shape index (κ1) is 11.1. The fourth-order valence-electron chi connectivity index (χ4n) is 2.27. The molecule has 3 nitrogen and oxygen atoms in total. The lowest BCUT2D eigenvalue weighted by molar-refractivity contribution is 0.0885. The van der Waals surface area contributed by atoms with Crippen LogP contribution in [0.4, 0.5) is 0 Å². The van der Waals surface area contributed by atoms with E-state index in [2.05, 4.69) is 0 Å². The fraction of sp³-hybridized carbons (Fsp3) is 0.462. The molecule has 0 saturated carbocycles. The smallest absolute Gasteiger partial charge is 0.167 e. The van der Waals surface area contributed by atoms with Crippen molar-refractivity contribution in [2.24, 2.45) is 11.7 Å². The minimum Gasteiger partial charge on any atom is -0.497 e. The maximum absolute atomic E-state index is 12.2. The molecule has 0 spiro atoms. The molecule has 2 atom stereocenters. The van der Waals surface area contributed by atoms with Crippen molar-refractivity contribution in [1.29, 1.82) is 0 Å². The molecule has 0 heterocycles. The third kappa shape index (κ3) is 1.83. The Kier molecular flexibility index (Phi) is 2.97. The average Bonchev–Trinajstić information content (AvgIpc) is 2.28. The van der Waals surface area contributed by atoms with Gasteiger partial charge >= 0.3 is 0 Å². The molecule has 2 rings (SSSR count). The number of fused-ring (bicyclic) bond motifs is 1. The molecular formula is C13H17NO2. The van der Waals surface area contributed by atoms with Crippen molar-refractivity contribution in [1.82, 2.24) is 0 Å². The molecule has 86 valence electrons. The van der Waals surface area contributed by atoms with Crippen LogP contribution in [0.2, 0.25) is 0 Å². The van der Waals surface area contributed by atoms with Gasteiger partial charge in [-0.25, -0.2) is 0 Å². The van der Waals surface area contributed by atoms with Gasteiger partial charge in [0.2, 0.25) is 0 Å². The van der Waals surface area contributed by atoms with Crippen LogP contribution in [0, 0.1) is 5.92 Å². The van der Waals surface area contributed by atoms with E-state index in [0.717, 1.165) is 29.7 Å². The Morgan fingerprint density at radius 3 is 2.88 bits per heavy atom. The first-order chi connectivity index (χ1) is 7.63. The van der Waals surface area contributed by atoms with Gasteiger partial charge in [-0.2, -0.15) is 0 Å². The summed E-state index contributed by atoms with van der Waals surface area (Å²) in [6.07, 6.45) is 1.78. The highest BCUT2D eigenvalue weighted by molar-refractivity contribution is 6.00. The van der Waals surface area contributed by atoms with E-state index < -0.39 is 0 Å². The lowest BCUT2D eigenvalue weighted by Gasteiger charge is -2.26. The van der Waals surface area contributed by atoms with E-state index in [4.69, 9.17) is 10.5 Å². The van der Waals surface area contributed by atoms with Gasteiger partial charge in [0.1, 0.15) is 5.75 Å². The van der Waals surface area contributed by atoms with Crippen molar-refractivity contribution in [2.75, 3.05) is 7.11 Å². The third-order valence-corrected chi connectivity index (χ3v) is 3.28. The van der Waals surface area contributed by atoms with Crippen LogP contribution in [0.15, 0.2) is 18.2 Å². The molecule has 2 N–H and O–H groups in total. The average molecular weight is 219 g/mol. The van der Waals surface area contributed by atoms with Gasteiger partial charge in [0, 0.05) is 17.5 Å². The van der Waals surface area contributed by atoms with E-state index in [-0.39, 0.29) is 17.7 Å². The van der Waals surface area contributed by atoms with Crippen LogP contribution < -0.4 is 10.5 Å². The van der Waals surface area contributed by atoms with Crippen LogP contribution in [-0.2, 0) is 6.42 Å². The predicted molar refractivity (Wildman–Crippen MR) is 62.8 cm³/mol. The van der Waals surface area contributed by atoms with Gasteiger partial charge in [-0.1, -0.05) is 6.07 Å². The van der Waals surface area contributed by atoms with Crippen LogP contribution in [-0.4, -0.2) is 18.9 Å². The topological polar surface area (TPSA) is 52.3 Å². The second-order valence-electron chi connectivity index (χ2n) is 4.39. The van der Waals surface area contributed by atoms with E-state index in [9.17, 15) is 4.79 Å². The van der Waals surface area contributed by atoms with Crippen molar-refractivity contribution in [3.63, 3.8) is 0 Å². The number of Topliss-reactive ketones (excluding diaryl/α,β-unsaturated/α-hetero) is 1. The number of aryl methyl sites for hydroxylation is 1. The summed E-state index contributed by atoms with van der Waals surface area (Å²) in [5.74, 6) is 0.854. The van der Waals surface area contributed by atoms with Crippen LogP contribution in [0.1, 0.15) is 29.3 Å². The number of ether oxygens (including phenoxy) is 1. The highest BCUT2D eigenvalue weighted by atomic mass is 16.5. The van der Waals surface area contributed by atoms with E-state index in [0.29, 0.717) is 0 Å². The van der Waals surface area contributed by atoms with Crippen LogP contribution in [0.5, 0.6) is 5.75 Å². The van der Waals surface area contributed by atoms with Crippen LogP contribution in [0.25, 0.3) is 0 Å². The normalized spacial score (nSPS) is 21.4. The molecule has 1 aliphatic rings. The Morgan fingerprint density at radius 2 is 2.25 bits per heavy atom. The standard InChI is InChI=1S/C13H17NO2/c1-8(14)11-6-4-9-3-5-10(16-2)7-12(9)13(11)15/h3,5,7-8,11H,4,6,14H2,1-2H3. The number of carbonyl (C=O) groups excluding carboxylic acids is 1. The van der Waals surface area contributed by atoms with E-state index >= 15 is 0 Å². The minimum absolute atomic E-state index is 0.0420. The molecule has 1 aromatic rings. The van der Waals surface area contributed by atoms with E-state index in [1.54, 1.807) is 7.11 Å². The Labute approximate surface area is 95.6 Å². The molecule has 16 heavy (non-hydrogen) atoms. The molecule has 0 saturated heterocycles. The maximum atomic E-state index is 12.2. The zero-order valence-electron chi connectivity index (χ0n) is 9.69. The monoisotopic (exact) mass is 219 g/mol. The van der Waals surface area contributed by atoms with Gasteiger partial charge in [-0.15, -0.1) is 0 Å². The van der Waals surface area contributed by atoms with Crippen molar-refractivity contribution in [2.45, 2.75) is 25.8 Å². The number of nitrogens with two attached hydrogens (primary N) is 1. The quantitative estimate of drug-likeness (QED) is 0.825. The summed E-state index contributed by atoms with van der Waals surface area (Å²) in [7, 11) is 1.61. The number of carbonyl (C=O) groups is 1. The summed E-state index contributed by atoms with van der Waals surface area (Å²) in [6, 6.07) is 5.63. The Morgan fingerprint density at radius 1 is 1.50 bits per heavy atom. The van der Waals surface area contributed by atoms with Crippen LogP contribution in [0.3, 0.4) is 0 Å². The zero-order valence-corrected chi connectivity index (χ0v) is 9.69. The SMILES string of the molecule is COc1ccc2c(c1)C(=O)C(C(C)N)CC2. The summed E-state index contributed by atoms with van der Waals surface area (Å²) in [5.41, 5.74) is 7.73. The number of ketones is 1. The lowest BCUT2D eigenvalue weighted by Crippen LogP contribution is -2.36. The number of rotatable bonds is 2. The molecule has 3 heteroatoms. The summed E-state index contributed by atoms with van der Waals surface area (Å²) in [5, 5.41) is 0. The molecule has 0 aromatic heterocycles. The van der Waals surface area contributed by atoms with Gasteiger partial charge in [-0.3, -0.25) is 4.79 Å². The van der Waals surface area contributed by atoms with Crippen molar-refractivity contribution in [3.8, 4) is 5.75 Å². The predicted octanol–water partition coefficient (Wildman–Crippen LogP) is 1.79. The highest BCUT2D eigenvalue weighted by Crippen LogP contribution is 2.29. The second-order valence-corrected chi connectivity index (χ2v) is 4.39. The van der Waals surface area contributed by atoms with Gasteiger partial charge < -0.3 is 10.5 Å². The molecule has 0 fully saturated rings. The summed E-state index contributed by atoms with van der Waals surface area (Å²) in [6.45, 7) is 1.90. The number of hydrogen-bond acceptors (Lipinski definition) is 3. The summed E-state index contributed by atoms with van der Waals surface area (Å²) >= 11 is 0. The maximum Gasteiger partial charge on any atom is 0.167 e. The van der Waals surface area contributed by atoms with Crippen molar-refractivity contribution in [3.05, 3.63) is 29.3 Å². The zero-order chi connectivity index (χ0) is 11.7. The number of hydrogen-bond donors (Lipinski definition) is 1. The highest BCUT2D eigenvalue weighted by Gasteiger charge is 2.29. The summed E-state index contributed by atoms with van der Waals surface area (Å²) < 4.78 is 5.14. The number of benzene rings is 1. The lowest BCUT2D eigenvalue weighted by atomic mass is 9.79. The first-order valence-corrected chi connectivity index (χ1v) is 5.60. The molecular weight excluding hydrogens is 202 g/mol. The van der Waals surface area contributed by atoms with Gasteiger partial charge in [0.05, 0.1) is 7.11 Å². The molecule has 2 unspecified atom stereocenters. The molecule has 0 aliphatic heterocycles. The Hall–Kier alpha value is -1.35. The Bertz CT molecular complexity index is 412. The van der Waals surface area contributed by atoms with E-state index in [1.165, 1.54) is 0 Å². The third-order valence-electron chi connectivity index (χ3n) is 3.28. The van der Waals surface area contributed by atoms with Crippen molar-refractivity contribution >= 4 is 5.78 Å². The first-order valence-electron chi connectivity index (χ1n) is 5.60. The molecule has 1 aliphatic carbocycles. The fourth-order valence-corrected chi connectivity index (χ4v) is 2.27. The number of methoxy groups -OCH3 is 1. The van der Waals surface area contributed by atoms with Crippen molar-refractivity contribution < 1.29 is 9.53 Å². The molecule has 0 radical (unpaired) electrons. The van der Waals surface area contributed by atoms with Crippen LogP contribution >= 0.6 is 0 Å². The van der Waals surface area contributed by atoms with Gasteiger partial charge in [0.25, 0.3) is 0 Å². The minimum atomic E-state index is -0.0770. The molecule has 0 amide bonds. The largest absolute Gasteiger partial charge is 0.497 e. The second kappa shape index (κ2) is 4.26. The molecule has 1 aromatic carbocycles. The Balaban J connectivity index is 2.38. The van der Waals surface area contributed by atoms with Gasteiger partial charge in [-0.05, 0) is 37.5 Å². The molecule has 0 bridgehead atoms. The summed E-state index contributed by atoms with van der Waals surface area (Å²) in [4.78, 5) is 12.2. The van der Waals surface area contributed by atoms with E-state index in [1.807, 2.05) is 25.1 Å².